The number of hydrogen-bond acceptors (Lipinski definition) is 7. The first-order valence-electron chi connectivity index (χ1n) is 11.6. The fraction of sp³-hybridized carbons (Fsp3) is 0.185. The normalized spacial score (nSPS) is 23.6. The fourth-order valence-corrected chi connectivity index (χ4v) is 5.69. The lowest BCUT2D eigenvalue weighted by atomic mass is 9.83. The van der Waals surface area contributed by atoms with Gasteiger partial charge in [0.1, 0.15) is 11.9 Å². The summed E-state index contributed by atoms with van der Waals surface area (Å²) in [5.74, 6) is -3.98. The molecular formula is C27H19FN4O5. The van der Waals surface area contributed by atoms with Crippen molar-refractivity contribution in [1.82, 2.24) is 5.01 Å². The molecule has 0 saturated carbocycles. The number of rotatable bonds is 4. The summed E-state index contributed by atoms with van der Waals surface area (Å²) < 4.78 is 13.6. The minimum absolute atomic E-state index is 0.161. The maximum atomic E-state index is 13.9. The Bertz CT molecular complexity index is 1540. The van der Waals surface area contributed by atoms with Gasteiger partial charge in [0.2, 0.25) is 11.8 Å². The second-order valence-corrected chi connectivity index (χ2v) is 9.31. The minimum Gasteiger partial charge on any atom is -0.292 e. The van der Waals surface area contributed by atoms with E-state index in [9.17, 15) is 28.9 Å². The monoisotopic (exact) mass is 498 g/mol. The van der Waals surface area contributed by atoms with Crippen LogP contribution in [0.3, 0.4) is 0 Å². The highest BCUT2D eigenvalue weighted by molar-refractivity contribution is 6.25. The number of nitrogens with zero attached hydrogens (tertiary/aromatic N) is 4. The quantitative estimate of drug-likeness (QED) is 0.234. The molecule has 2 saturated heterocycles. The smallest absolute Gasteiger partial charge is 0.269 e. The Kier molecular flexibility index (Phi) is 5.01. The molecule has 184 valence electrons. The third kappa shape index (κ3) is 3.29. The average Bonchev–Trinajstić information content (AvgIpc) is 3.36. The van der Waals surface area contributed by atoms with Gasteiger partial charge in [0.15, 0.2) is 5.78 Å². The van der Waals surface area contributed by atoms with Gasteiger partial charge < -0.3 is 0 Å². The molecule has 0 radical (unpaired) electrons. The van der Waals surface area contributed by atoms with Gasteiger partial charge >= 0.3 is 0 Å². The van der Waals surface area contributed by atoms with Gasteiger partial charge in [0.05, 0.1) is 34.7 Å². The Labute approximate surface area is 210 Å². The van der Waals surface area contributed by atoms with Gasteiger partial charge in [-0.3, -0.25) is 29.5 Å². The summed E-state index contributed by atoms with van der Waals surface area (Å²) in [6, 6.07) is 14.5. The number of nitro groups is 1. The van der Waals surface area contributed by atoms with Gasteiger partial charge in [0, 0.05) is 17.7 Å². The molecule has 9 nitrogen and oxygen atoms in total. The van der Waals surface area contributed by atoms with Crippen LogP contribution in [0.2, 0.25) is 0 Å². The molecule has 3 aliphatic heterocycles. The van der Waals surface area contributed by atoms with E-state index >= 15 is 0 Å². The van der Waals surface area contributed by atoms with Crippen LogP contribution in [-0.2, 0) is 9.59 Å². The maximum Gasteiger partial charge on any atom is 0.269 e. The van der Waals surface area contributed by atoms with E-state index in [-0.39, 0.29) is 16.9 Å². The first-order valence-corrected chi connectivity index (χ1v) is 11.6. The fourth-order valence-electron chi connectivity index (χ4n) is 5.69. The Balaban J connectivity index is 1.49. The van der Waals surface area contributed by atoms with Gasteiger partial charge in [-0.2, -0.15) is 5.10 Å². The number of anilines is 1. The zero-order valence-corrected chi connectivity index (χ0v) is 19.4. The largest absolute Gasteiger partial charge is 0.292 e. The summed E-state index contributed by atoms with van der Waals surface area (Å²) in [5, 5.41) is 17.2. The Morgan fingerprint density at radius 2 is 1.70 bits per heavy atom. The highest BCUT2D eigenvalue weighted by Crippen LogP contribution is 2.53. The van der Waals surface area contributed by atoms with Gasteiger partial charge in [-0.25, -0.2) is 9.29 Å². The van der Waals surface area contributed by atoms with Crippen molar-refractivity contribution in [3.05, 3.63) is 105 Å². The number of nitro benzene ring substituents is 1. The number of carbonyl (C=O) groups excluding carboxylic acids is 3. The van der Waals surface area contributed by atoms with Crippen LogP contribution >= 0.6 is 0 Å². The molecule has 0 aliphatic carbocycles. The highest BCUT2D eigenvalue weighted by atomic mass is 19.1. The van der Waals surface area contributed by atoms with E-state index in [1.165, 1.54) is 47.5 Å². The van der Waals surface area contributed by atoms with Crippen molar-refractivity contribution in [2.24, 2.45) is 16.9 Å². The van der Waals surface area contributed by atoms with E-state index in [0.29, 0.717) is 5.56 Å². The predicted octanol–water partition coefficient (Wildman–Crippen LogP) is 3.80. The molecule has 10 heteroatoms. The van der Waals surface area contributed by atoms with Crippen molar-refractivity contribution in [2.45, 2.75) is 19.0 Å². The third-order valence-electron chi connectivity index (χ3n) is 7.32. The zero-order valence-electron chi connectivity index (χ0n) is 19.4. The first kappa shape index (κ1) is 22.7. The van der Waals surface area contributed by atoms with E-state index in [1.54, 1.807) is 13.1 Å². The molecule has 4 atom stereocenters. The van der Waals surface area contributed by atoms with Crippen molar-refractivity contribution in [3.63, 3.8) is 0 Å². The van der Waals surface area contributed by atoms with Crippen LogP contribution in [0.1, 0.15) is 33.1 Å². The number of amides is 2. The Morgan fingerprint density at radius 3 is 2.41 bits per heavy atom. The number of ketones is 1. The van der Waals surface area contributed by atoms with Crippen molar-refractivity contribution < 1.29 is 23.7 Å². The molecular weight excluding hydrogens is 479 g/mol. The van der Waals surface area contributed by atoms with E-state index in [2.05, 4.69) is 5.10 Å². The summed E-state index contributed by atoms with van der Waals surface area (Å²) in [5.41, 5.74) is 2.21. The van der Waals surface area contributed by atoms with Crippen LogP contribution in [0.25, 0.3) is 0 Å². The number of hydrazone groups is 1. The molecule has 2 amide bonds. The number of fused-ring (bicyclic) bond motifs is 5. The molecule has 3 aromatic carbocycles. The SMILES string of the molecule is Cc1cc([N+](=O)[O-])ccc1N1C(=O)[C@@H]2[C@H](C1=O)[C@H](C(=O)c1ccc(F)cc1)N1N=Cc3ccccc3[C@H]21. The number of carbonyl (C=O) groups is 3. The number of imide groups is 1. The standard InChI is InChI=1S/C27H19FN4O5/c1-14-12-18(32(36)37)10-11-20(14)30-26(34)21-22(27(30)35)24(25(33)15-6-8-17(28)9-7-15)31-23(21)19-5-3-2-4-16(19)13-29-31/h2-13,21-24H,1H3/t21-,22+,23-,24-/m1/s1. The molecule has 37 heavy (non-hydrogen) atoms. The number of Topliss-reactive ketones (excluding diaryl/α,β-unsaturated/α-hetero) is 1. The minimum atomic E-state index is -1.09. The topological polar surface area (TPSA) is 113 Å². The summed E-state index contributed by atoms with van der Waals surface area (Å²) in [6.45, 7) is 1.59. The lowest BCUT2D eigenvalue weighted by molar-refractivity contribution is -0.384. The second-order valence-electron chi connectivity index (χ2n) is 9.31. The summed E-state index contributed by atoms with van der Waals surface area (Å²) in [7, 11) is 0. The number of benzene rings is 3. The van der Waals surface area contributed by atoms with Crippen molar-refractivity contribution >= 4 is 35.2 Å². The van der Waals surface area contributed by atoms with Gasteiger partial charge in [-0.1, -0.05) is 24.3 Å². The molecule has 0 spiro atoms. The highest BCUT2D eigenvalue weighted by Gasteiger charge is 2.65. The summed E-state index contributed by atoms with van der Waals surface area (Å²) in [6.07, 6.45) is 1.60. The van der Waals surface area contributed by atoms with Crippen LogP contribution in [0.5, 0.6) is 0 Å². The van der Waals surface area contributed by atoms with Gasteiger partial charge in [-0.05, 0) is 53.9 Å². The van der Waals surface area contributed by atoms with Gasteiger partial charge in [-0.15, -0.1) is 0 Å². The van der Waals surface area contributed by atoms with Crippen molar-refractivity contribution in [1.29, 1.82) is 0 Å². The van der Waals surface area contributed by atoms with Crippen LogP contribution in [-0.4, -0.2) is 39.8 Å². The first-order chi connectivity index (χ1) is 17.8. The van der Waals surface area contributed by atoms with Crippen LogP contribution in [0.15, 0.2) is 71.8 Å². The number of non-ortho nitro benzene ring substituents is 1. The van der Waals surface area contributed by atoms with E-state index in [4.69, 9.17) is 0 Å². The Hall–Kier alpha value is -4.73. The van der Waals surface area contributed by atoms with Crippen LogP contribution in [0, 0.1) is 34.7 Å². The zero-order chi connectivity index (χ0) is 26.0. The summed E-state index contributed by atoms with van der Waals surface area (Å²) >= 11 is 0. The molecule has 2 fully saturated rings. The molecule has 3 heterocycles. The Morgan fingerprint density at radius 1 is 1.00 bits per heavy atom. The summed E-state index contributed by atoms with van der Waals surface area (Å²) in [4.78, 5) is 53.3. The molecule has 0 aromatic heterocycles. The van der Waals surface area contributed by atoms with Crippen LogP contribution < -0.4 is 4.90 Å². The molecule has 3 aromatic rings. The van der Waals surface area contributed by atoms with Gasteiger partial charge in [0.25, 0.3) is 5.69 Å². The molecule has 3 aliphatic rings. The number of aryl methyl sites for hydroxylation is 1. The molecule has 0 N–H and O–H groups in total. The third-order valence-corrected chi connectivity index (χ3v) is 7.32. The van der Waals surface area contributed by atoms with Crippen molar-refractivity contribution in [3.8, 4) is 0 Å². The second kappa shape index (κ2) is 8.16. The predicted molar refractivity (Wildman–Crippen MR) is 130 cm³/mol. The van der Waals surface area contributed by atoms with E-state index < -0.39 is 52.3 Å². The van der Waals surface area contributed by atoms with E-state index in [1.807, 2.05) is 24.3 Å². The number of hydrogen-bond donors (Lipinski definition) is 0. The maximum absolute atomic E-state index is 13.9. The molecule has 0 bridgehead atoms. The lowest BCUT2D eigenvalue weighted by Gasteiger charge is -2.34. The lowest BCUT2D eigenvalue weighted by Crippen LogP contribution is -2.44. The number of halogens is 1. The molecule has 6 rings (SSSR count). The van der Waals surface area contributed by atoms with Crippen molar-refractivity contribution in [2.75, 3.05) is 4.90 Å². The van der Waals surface area contributed by atoms with Crippen LogP contribution in [0.4, 0.5) is 15.8 Å². The molecule has 0 unspecified atom stereocenters. The van der Waals surface area contributed by atoms with E-state index in [0.717, 1.165) is 16.0 Å². The average molecular weight is 498 g/mol.